The zero-order chi connectivity index (χ0) is 14.8. The quantitative estimate of drug-likeness (QED) is 0.782. The van der Waals surface area contributed by atoms with Crippen LogP contribution >= 0.6 is 11.6 Å². The van der Waals surface area contributed by atoms with Crippen molar-refractivity contribution in [1.29, 1.82) is 0 Å². The average molecular weight is 316 g/mol. The Hall–Kier alpha value is -0.580. The van der Waals surface area contributed by atoms with Crippen LogP contribution in [0.2, 0.25) is 0 Å². The largest absolute Gasteiger partial charge is 0.214 e. The number of alkyl halides is 1. The molecule has 1 aliphatic rings. The highest BCUT2D eigenvalue weighted by Crippen LogP contribution is 2.36. The maximum atomic E-state index is 12.6. The zero-order valence-corrected chi connectivity index (χ0v) is 13.6. The van der Waals surface area contributed by atoms with Crippen LogP contribution in [0.1, 0.15) is 36.9 Å². The lowest BCUT2D eigenvalue weighted by Crippen LogP contribution is -2.35. The molecule has 5 heteroatoms. The molecule has 2 unspecified atom stereocenters. The summed E-state index contributed by atoms with van der Waals surface area (Å²) in [5, 5.41) is 0. The van der Waals surface area contributed by atoms with Gasteiger partial charge in [-0.05, 0) is 36.8 Å². The minimum atomic E-state index is -3.24. The first-order chi connectivity index (χ1) is 9.45. The summed E-state index contributed by atoms with van der Waals surface area (Å²) in [5.41, 5.74) is 2.29. The second kappa shape index (κ2) is 6.46. The average Bonchev–Trinajstić information content (AvgIpc) is 2.88. The van der Waals surface area contributed by atoms with E-state index in [1.165, 1.54) is 0 Å². The normalized spacial score (nSPS) is 22.1. The van der Waals surface area contributed by atoms with Crippen LogP contribution < -0.4 is 0 Å². The minimum absolute atomic E-state index is 0.0104. The fourth-order valence-electron chi connectivity index (χ4n) is 2.84. The van der Waals surface area contributed by atoms with Crippen molar-refractivity contribution in [3.05, 3.63) is 35.4 Å². The molecule has 0 N–H and O–H groups in total. The van der Waals surface area contributed by atoms with Gasteiger partial charge in [-0.2, -0.15) is 4.31 Å². The monoisotopic (exact) mass is 315 g/mol. The van der Waals surface area contributed by atoms with Crippen molar-refractivity contribution < 1.29 is 8.42 Å². The molecule has 0 spiro atoms. The van der Waals surface area contributed by atoms with Gasteiger partial charge in [0.1, 0.15) is 0 Å². The molecule has 0 amide bonds. The topological polar surface area (TPSA) is 37.4 Å². The smallest absolute Gasteiger partial charge is 0.212 e. The molecule has 1 saturated heterocycles. The van der Waals surface area contributed by atoms with E-state index in [0.717, 1.165) is 24.0 Å². The van der Waals surface area contributed by atoms with Gasteiger partial charge >= 0.3 is 0 Å². The fraction of sp³-hybridized carbons (Fsp3) is 0.600. The maximum Gasteiger partial charge on any atom is 0.214 e. The van der Waals surface area contributed by atoms with Gasteiger partial charge in [-0.3, -0.25) is 0 Å². The molecule has 0 saturated carbocycles. The highest BCUT2D eigenvalue weighted by atomic mass is 35.5. The molecular formula is C15H22ClNO2S. The fourth-order valence-corrected chi connectivity index (χ4v) is 5.13. The van der Waals surface area contributed by atoms with Crippen LogP contribution in [0.5, 0.6) is 0 Å². The number of halogens is 1. The lowest BCUT2D eigenvalue weighted by atomic mass is 10.0. The summed E-state index contributed by atoms with van der Waals surface area (Å²) in [6.45, 7) is 4.54. The number of benzene rings is 1. The number of sulfonamides is 1. The number of rotatable bonds is 5. The summed E-state index contributed by atoms with van der Waals surface area (Å²) in [4.78, 5) is 0. The van der Waals surface area contributed by atoms with Gasteiger partial charge in [0, 0.05) is 18.5 Å². The summed E-state index contributed by atoms with van der Waals surface area (Å²) in [7, 11) is -3.24. The van der Waals surface area contributed by atoms with E-state index < -0.39 is 10.0 Å². The Kier molecular flexibility index (Phi) is 5.10. The number of nitrogens with zero attached hydrogens (tertiary/aromatic N) is 1. The highest BCUT2D eigenvalue weighted by Gasteiger charge is 2.36. The van der Waals surface area contributed by atoms with Gasteiger partial charge < -0.3 is 0 Å². The second-order valence-electron chi connectivity index (χ2n) is 5.66. The summed E-state index contributed by atoms with van der Waals surface area (Å²) in [6, 6.07) is 8.04. The molecule has 1 aromatic carbocycles. The molecule has 1 heterocycles. The molecule has 0 radical (unpaired) electrons. The molecular weight excluding hydrogens is 294 g/mol. The summed E-state index contributed by atoms with van der Waals surface area (Å²) < 4.78 is 26.8. The van der Waals surface area contributed by atoms with Gasteiger partial charge in [0.05, 0.1) is 5.75 Å². The van der Waals surface area contributed by atoms with Crippen LogP contribution in [-0.4, -0.2) is 30.9 Å². The molecule has 1 aliphatic heterocycles. The first-order valence-corrected chi connectivity index (χ1v) is 9.21. The van der Waals surface area contributed by atoms with E-state index in [0.29, 0.717) is 12.4 Å². The Morgan fingerprint density at radius 3 is 2.75 bits per heavy atom. The lowest BCUT2D eigenvalue weighted by molar-refractivity contribution is 0.392. The predicted octanol–water partition coefficient (Wildman–Crippen LogP) is 3.34. The van der Waals surface area contributed by atoms with Crippen LogP contribution in [0.4, 0.5) is 0 Å². The first kappa shape index (κ1) is 15.8. The SMILES string of the molecule is Cc1ccccc1C1CCCN1S(=O)(=O)CC(C)CCl. The predicted molar refractivity (Wildman–Crippen MR) is 83.5 cm³/mol. The molecule has 112 valence electrons. The lowest BCUT2D eigenvalue weighted by Gasteiger charge is -2.26. The van der Waals surface area contributed by atoms with Crippen molar-refractivity contribution in [2.75, 3.05) is 18.2 Å². The van der Waals surface area contributed by atoms with E-state index in [2.05, 4.69) is 0 Å². The van der Waals surface area contributed by atoms with Gasteiger partial charge in [0.25, 0.3) is 0 Å². The van der Waals surface area contributed by atoms with Gasteiger partial charge in [-0.1, -0.05) is 31.2 Å². The van der Waals surface area contributed by atoms with Crippen molar-refractivity contribution in [3.63, 3.8) is 0 Å². The van der Waals surface area contributed by atoms with Gasteiger partial charge in [-0.15, -0.1) is 11.6 Å². The van der Waals surface area contributed by atoms with Gasteiger partial charge in [-0.25, -0.2) is 8.42 Å². The molecule has 1 fully saturated rings. The van der Waals surface area contributed by atoms with Crippen molar-refractivity contribution >= 4 is 21.6 Å². The van der Waals surface area contributed by atoms with Crippen LogP contribution in [0, 0.1) is 12.8 Å². The Morgan fingerprint density at radius 1 is 1.40 bits per heavy atom. The Balaban J connectivity index is 2.26. The Bertz CT molecular complexity index is 559. The summed E-state index contributed by atoms with van der Waals surface area (Å²) >= 11 is 5.76. The number of hydrogen-bond acceptors (Lipinski definition) is 2. The van der Waals surface area contributed by atoms with E-state index in [4.69, 9.17) is 11.6 Å². The molecule has 2 rings (SSSR count). The number of hydrogen-bond donors (Lipinski definition) is 0. The van der Waals surface area contributed by atoms with Crippen LogP contribution in [0.3, 0.4) is 0 Å². The molecule has 1 aromatic rings. The van der Waals surface area contributed by atoms with E-state index >= 15 is 0 Å². The molecule has 0 aliphatic carbocycles. The molecule has 0 aromatic heterocycles. The van der Waals surface area contributed by atoms with E-state index in [9.17, 15) is 8.42 Å². The van der Waals surface area contributed by atoms with Gasteiger partial charge in [0.2, 0.25) is 10.0 Å². The first-order valence-electron chi connectivity index (χ1n) is 7.06. The minimum Gasteiger partial charge on any atom is -0.212 e. The standard InChI is InChI=1S/C15H22ClNO2S/c1-12(10-16)11-20(18,19)17-9-5-8-15(17)14-7-4-3-6-13(14)2/h3-4,6-7,12,15H,5,8-11H2,1-2H3. The van der Waals surface area contributed by atoms with Crippen LogP contribution in [-0.2, 0) is 10.0 Å². The van der Waals surface area contributed by atoms with Crippen LogP contribution in [0.25, 0.3) is 0 Å². The Morgan fingerprint density at radius 2 is 2.10 bits per heavy atom. The Labute approximate surface area is 127 Å². The third kappa shape index (κ3) is 3.35. The molecule has 3 nitrogen and oxygen atoms in total. The summed E-state index contributed by atoms with van der Waals surface area (Å²) in [6.07, 6.45) is 1.83. The molecule has 20 heavy (non-hydrogen) atoms. The van der Waals surface area contributed by atoms with Crippen molar-refractivity contribution in [2.24, 2.45) is 5.92 Å². The van der Waals surface area contributed by atoms with E-state index in [1.54, 1.807) is 4.31 Å². The van der Waals surface area contributed by atoms with Crippen LogP contribution in [0.15, 0.2) is 24.3 Å². The van der Waals surface area contributed by atoms with Gasteiger partial charge in [0.15, 0.2) is 0 Å². The maximum absolute atomic E-state index is 12.6. The zero-order valence-electron chi connectivity index (χ0n) is 12.0. The highest BCUT2D eigenvalue weighted by molar-refractivity contribution is 7.89. The van der Waals surface area contributed by atoms with Crippen molar-refractivity contribution in [2.45, 2.75) is 32.7 Å². The molecule has 2 atom stereocenters. The van der Waals surface area contributed by atoms with E-state index in [-0.39, 0.29) is 17.7 Å². The third-order valence-corrected chi connectivity index (χ3v) is 6.54. The van der Waals surface area contributed by atoms with Crippen molar-refractivity contribution in [3.8, 4) is 0 Å². The molecule has 0 bridgehead atoms. The van der Waals surface area contributed by atoms with E-state index in [1.807, 2.05) is 38.1 Å². The number of aryl methyl sites for hydroxylation is 1. The summed E-state index contributed by atoms with van der Waals surface area (Å²) in [5.74, 6) is 0.501. The third-order valence-electron chi connectivity index (χ3n) is 3.87. The second-order valence-corrected chi connectivity index (χ2v) is 7.94. The van der Waals surface area contributed by atoms with Crippen molar-refractivity contribution in [1.82, 2.24) is 4.31 Å².